The molecule has 0 radical (unpaired) electrons. The summed E-state index contributed by atoms with van der Waals surface area (Å²) in [4.78, 5) is 9.15. The molecule has 0 aliphatic carbocycles. The van der Waals surface area contributed by atoms with Gasteiger partial charge in [-0.15, -0.1) is 0 Å². The number of likely N-dealkylation sites (N-methyl/N-ethyl adjacent to an activating group) is 1. The molecule has 0 fully saturated rings. The van der Waals surface area contributed by atoms with Crippen LogP contribution in [0.1, 0.15) is 0 Å². The number of aliphatic hydroxyl groups excluding tert-OH is 1. The van der Waals surface area contributed by atoms with E-state index >= 15 is 0 Å². The zero-order chi connectivity index (χ0) is 19.5. The Bertz CT molecular complexity index is 971. The van der Waals surface area contributed by atoms with E-state index in [0.717, 1.165) is 53.7 Å². The van der Waals surface area contributed by atoms with Crippen molar-refractivity contribution >= 4 is 28.4 Å². The van der Waals surface area contributed by atoms with Crippen molar-refractivity contribution in [1.82, 2.24) is 25.0 Å². The minimum absolute atomic E-state index is 0.144. The fourth-order valence-corrected chi connectivity index (χ4v) is 4.55. The summed E-state index contributed by atoms with van der Waals surface area (Å²) in [6.45, 7) is 4.11. The van der Waals surface area contributed by atoms with E-state index in [1.165, 1.54) is 10.3 Å². The normalized spacial score (nSPS) is 12.6. The van der Waals surface area contributed by atoms with Crippen molar-refractivity contribution < 1.29 is 5.11 Å². The molecule has 0 bridgehead atoms. The minimum atomic E-state index is 0.144. The molecule has 8 heteroatoms. The molecule has 0 saturated heterocycles. The number of pyridine rings is 1. The summed E-state index contributed by atoms with van der Waals surface area (Å²) in [6, 6.07) is 8.39. The number of hydrogen-bond acceptors (Lipinski definition) is 7. The van der Waals surface area contributed by atoms with Crippen molar-refractivity contribution in [2.75, 3.05) is 52.2 Å². The summed E-state index contributed by atoms with van der Waals surface area (Å²) in [6.07, 6.45) is 1.83. The van der Waals surface area contributed by atoms with E-state index in [4.69, 9.17) is 10.2 Å². The summed E-state index contributed by atoms with van der Waals surface area (Å²) in [5.74, 6) is 0. The molecule has 0 amide bonds. The summed E-state index contributed by atoms with van der Waals surface area (Å²) >= 11 is 1.77. The Kier molecular flexibility index (Phi) is 5.82. The Hall–Kier alpha value is -2.13. The summed E-state index contributed by atoms with van der Waals surface area (Å²) in [7, 11) is 4.16. The lowest BCUT2D eigenvalue weighted by Gasteiger charge is -2.19. The van der Waals surface area contributed by atoms with Crippen molar-refractivity contribution in [2.24, 2.45) is 0 Å². The highest BCUT2D eigenvalue weighted by atomic mass is 32.2. The quantitative estimate of drug-likeness (QED) is 0.373. The van der Waals surface area contributed by atoms with E-state index in [2.05, 4.69) is 52.8 Å². The lowest BCUT2D eigenvalue weighted by molar-refractivity contribution is 0.291. The first-order valence-electron chi connectivity index (χ1n) is 9.56. The van der Waals surface area contributed by atoms with Crippen molar-refractivity contribution in [3.8, 4) is 11.4 Å². The third kappa shape index (κ3) is 3.73. The maximum absolute atomic E-state index is 8.96. The molecule has 28 heavy (non-hydrogen) atoms. The zero-order valence-electron chi connectivity index (χ0n) is 16.3. The molecule has 4 rings (SSSR count). The second-order valence-electron chi connectivity index (χ2n) is 7.06. The molecule has 148 valence electrons. The smallest absolute Gasteiger partial charge is 0.121 e. The molecular weight excluding hydrogens is 372 g/mol. The first kappa shape index (κ1) is 19.2. The summed E-state index contributed by atoms with van der Waals surface area (Å²) in [5.41, 5.74) is 4.18. The molecule has 3 heterocycles. The molecule has 0 unspecified atom stereocenters. The zero-order valence-corrected chi connectivity index (χ0v) is 17.1. The molecule has 0 atom stereocenters. The third-order valence-electron chi connectivity index (χ3n) is 4.74. The van der Waals surface area contributed by atoms with Crippen molar-refractivity contribution in [3.63, 3.8) is 0 Å². The Morgan fingerprint density at radius 1 is 1.14 bits per heavy atom. The van der Waals surface area contributed by atoms with E-state index < -0.39 is 0 Å². The number of nitrogens with one attached hydrogen (secondary N) is 2. The monoisotopic (exact) mass is 398 g/mol. The molecular formula is C20H26N6OS. The average molecular weight is 399 g/mol. The lowest BCUT2D eigenvalue weighted by Crippen LogP contribution is -2.23. The van der Waals surface area contributed by atoms with Gasteiger partial charge < -0.3 is 20.6 Å². The van der Waals surface area contributed by atoms with Crippen LogP contribution >= 0.6 is 11.8 Å². The van der Waals surface area contributed by atoms with E-state index in [1.807, 2.05) is 16.9 Å². The highest BCUT2D eigenvalue weighted by Gasteiger charge is 2.26. The Labute approximate surface area is 169 Å². The van der Waals surface area contributed by atoms with Crippen LogP contribution in [0.5, 0.6) is 0 Å². The second kappa shape index (κ2) is 8.48. The molecule has 0 saturated carbocycles. The SMILES string of the molecule is CN(C)CCNc1ccc2c3c(nn2CCNCCO)-c2ncccc2Sc13. The van der Waals surface area contributed by atoms with Crippen LogP contribution in [0, 0.1) is 0 Å². The van der Waals surface area contributed by atoms with Crippen LogP contribution < -0.4 is 10.6 Å². The van der Waals surface area contributed by atoms with Crippen LogP contribution in [-0.2, 0) is 6.54 Å². The van der Waals surface area contributed by atoms with Gasteiger partial charge in [0.1, 0.15) is 11.4 Å². The van der Waals surface area contributed by atoms with Crippen LogP contribution in [0.2, 0.25) is 0 Å². The van der Waals surface area contributed by atoms with Gasteiger partial charge in [-0.05, 0) is 38.4 Å². The number of aliphatic hydroxyl groups is 1. The first-order chi connectivity index (χ1) is 13.7. The van der Waals surface area contributed by atoms with Gasteiger partial charge in [0.05, 0.1) is 18.7 Å². The predicted molar refractivity (Wildman–Crippen MR) is 114 cm³/mol. The van der Waals surface area contributed by atoms with Crippen molar-refractivity contribution in [1.29, 1.82) is 0 Å². The number of aromatic nitrogens is 3. The van der Waals surface area contributed by atoms with Gasteiger partial charge in [-0.3, -0.25) is 9.67 Å². The van der Waals surface area contributed by atoms with Gasteiger partial charge in [0, 0.05) is 53.2 Å². The van der Waals surface area contributed by atoms with E-state index in [-0.39, 0.29) is 6.61 Å². The highest BCUT2D eigenvalue weighted by Crippen LogP contribution is 2.49. The van der Waals surface area contributed by atoms with Crippen LogP contribution in [0.15, 0.2) is 40.3 Å². The molecule has 7 nitrogen and oxygen atoms in total. The van der Waals surface area contributed by atoms with Crippen molar-refractivity contribution in [2.45, 2.75) is 16.3 Å². The standard InChI is InChI=1S/C20H26N6OS/c1-25(2)11-9-22-14-5-6-15-17-19(24-26(15)12-8-21-10-13-27)18-16(28-20(14)17)4-3-7-23-18/h3-7,21-22,27H,8-13H2,1-2H3. The second-order valence-corrected chi connectivity index (χ2v) is 8.12. The van der Waals surface area contributed by atoms with Crippen LogP contribution in [0.25, 0.3) is 22.3 Å². The number of rotatable bonds is 9. The summed E-state index contributed by atoms with van der Waals surface area (Å²) in [5, 5.41) is 21.9. The van der Waals surface area contributed by atoms with Gasteiger partial charge in [0.25, 0.3) is 0 Å². The number of hydrogen-bond donors (Lipinski definition) is 3. The molecule has 1 aromatic carbocycles. The van der Waals surface area contributed by atoms with Crippen LogP contribution in [0.3, 0.4) is 0 Å². The van der Waals surface area contributed by atoms with Crippen LogP contribution in [-0.4, -0.2) is 71.7 Å². The topological polar surface area (TPSA) is 78.2 Å². The third-order valence-corrected chi connectivity index (χ3v) is 5.92. The fourth-order valence-electron chi connectivity index (χ4n) is 3.39. The number of fused-ring (bicyclic) bond motifs is 2. The Morgan fingerprint density at radius 2 is 2.04 bits per heavy atom. The van der Waals surface area contributed by atoms with Gasteiger partial charge in [0.2, 0.25) is 0 Å². The molecule has 1 aliphatic heterocycles. The fraction of sp³-hybridized carbons (Fsp3) is 0.400. The van der Waals surface area contributed by atoms with Gasteiger partial charge in [-0.25, -0.2) is 0 Å². The van der Waals surface area contributed by atoms with E-state index in [9.17, 15) is 0 Å². The number of nitrogens with zero attached hydrogens (tertiary/aromatic N) is 4. The molecule has 2 aromatic heterocycles. The van der Waals surface area contributed by atoms with Gasteiger partial charge in [-0.1, -0.05) is 11.8 Å². The summed E-state index contributed by atoms with van der Waals surface area (Å²) < 4.78 is 2.05. The van der Waals surface area contributed by atoms with Gasteiger partial charge in [-0.2, -0.15) is 5.10 Å². The van der Waals surface area contributed by atoms with E-state index in [1.54, 1.807) is 11.8 Å². The molecule has 3 N–H and O–H groups in total. The van der Waals surface area contributed by atoms with Crippen LogP contribution in [0.4, 0.5) is 5.69 Å². The van der Waals surface area contributed by atoms with Gasteiger partial charge in [0.15, 0.2) is 0 Å². The first-order valence-corrected chi connectivity index (χ1v) is 10.4. The molecule has 3 aromatic rings. The Balaban J connectivity index is 1.73. The van der Waals surface area contributed by atoms with Gasteiger partial charge >= 0.3 is 0 Å². The predicted octanol–water partition coefficient (Wildman–Crippen LogP) is 2.12. The molecule has 1 aliphatic rings. The highest BCUT2D eigenvalue weighted by molar-refractivity contribution is 8.00. The maximum atomic E-state index is 8.96. The van der Waals surface area contributed by atoms with E-state index in [0.29, 0.717) is 6.54 Å². The minimum Gasteiger partial charge on any atom is -0.395 e. The Morgan fingerprint density at radius 3 is 2.86 bits per heavy atom. The maximum Gasteiger partial charge on any atom is 0.121 e. The lowest BCUT2D eigenvalue weighted by atomic mass is 10.1. The van der Waals surface area contributed by atoms with Crippen molar-refractivity contribution in [3.05, 3.63) is 30.5 Å². The molecule has 0 spiro atoms. The number of anilines is 1. The average Bonchev–Trinajstić information content (AvgIpc) is 3.06. The number of benzene rings is 1. The largest absolute Gasteiger partial charge is 0.395 e.